The summed E-state index contributed by atoms with van der Waals surface area (Å²) in [4.78, 5) is 0. The van der Waals surface area contributed by atoms with Crippen molar-refractivity contribution < 1.29 is 0 Å². The lowest BCUT2D eigenvalue weighted by Crippen LogP contribution is -1.66. The van der Waals surface area contributed by atoms with Gasteiger partial charge >= 0.3 is 0 Å². The summed E-state index contributed by atoms with van der Waals surface area (Å²) in [5.41, 5.74) is 2.49. The van der Waals surface area contributed by atoms with Crippen molar-refractivity contribution in [2.24, 2.45) is 0 Å². The van der Waals surface area contributed by atoms with Crippen LogP contribution in [0.15, 0.2) is 23.7 Å². The zero-order valence-electron chi connectivity index (χ0n) is 5.72. The van der Waals surface area contributed by atoms with Gasteiger partial charge in [-0.2, -0.15) is 0 Å². The van der Waals surface area contributed by atoms with Crippen molar-refractivity contribution in [2.45, 2.75) is 0 Å². The normalized spacial score (nSPS) is 11.6. The third kappa shape index (κ3) is 0.563. The average molecular weight is 162 g/mol. The maximum absolute atomic E-state index is 3.11. The summed E-state index contributed by atoms with van der Waals surface area (Å²) in [6.45, 7) is 0. The van der Waals surface area contributed by atoms with E-state index in [4.69, 9.17) is 0 Å². The van der Waals surface area contributed by atoms with Crippen LogP contribution in [0.2, 0.25) is 0 Å². The van der Waals surface area contributed by atoms with E-state index in [9.17, 15) is 0 Å². The van der Waals surface area contributed by atoms with Gasteiger partial charge in [0.05, 0.1) is 5.69 Å². The summed E-state index contributed by atoms with van der Waals surface area (Å²) in [5, 5.41) is 9.53. The van der Waals surface area contributed by atoms with Gasteiger partial charge in [0.25, 0.3) is 0 Å². The molecule has 2 aliphatic rings. The van der Waals surface area contributed by atoms with Gasteiger partial charge < -0.3 is 10.2 Å². The van der Waals surface area contributed by atoms with E-state index in [-0.39, 0.29) is 0 Å². The van der Waals surface area contributed by atoms with Crippen LogP contribution in [0, 0.1) is 0 Å². The van der Waals surface area contributed by atoms with Gasteiger partial charge in [-0.3, -0.25) is 0 Å². The highest BCUT2D eigenvalue weighted by Crippen LogP contribution is 2.34. The van der Waals surface area contributed by atoms with Gasteiger partial charge in [0.15, 0.2) is 0 Å². The molecule has 0 aromatic carbocycles. The van der Waals surface area contributed by atoms with E-state index >= 15 is 0 Å². The Kier molecular flexibility index (Phi) is 0.830. The van der Waals surface area contributed by atoms with Crippen LogP contribution in [0.25, 0.3) is 21.3 Å². The Morgan fingerprint density at radius 1 is 1.36 bits per heavy atom. The number of H-pyrrole nitrogens is 2. The fraction of sp³-hybridized carbons (Fsp3) is 0. The number of hydrogen-bond donors (Lipinski definition) is 2. The molecule has 0 spiro atoms. The standard InChI is InChI=1S/C8H6N2S/c1-2-11-7-3-5-4-9-10-8(5)6(1)7/h1-4,9-10H. The quantitative estimate of drug-likeness (QED) is 0.509. The molecule has 0 amide bonds. The molecule has 11 heavy (non-hydrogen) atoms. The molecule has 3 rings (SSSR count). The van der Waals surface area contributed by atoms with E-state index in [2.05, 4.69) is 27.7 Å². The van der Waals surface area contributed by atoms with E-state index in [1.807, 2.05) is 6.20 Å². The van der Waals surface area contributed by atoms with Crippen LogP contribution >= 0.6 is 11.3 Å². The number of hydrogen-bond acceptors (Lipinski definition) is 1. The maximum Gasteiger partial charge on any atom is 0.0714 e. The molecule has 0 bridgehead atoms. The van der Waals surface area contributed by atoms with Gasteiger partial charge in [0.1, 0.15) is 0 Å². The van der Waals surface area contributed by atoms with Gasteiger partial charge in [0.2, 0.25) is 0 Å². The molecule has 0 unspecified atom stereocenters. The molecule has 2 heterocycles. The fourth-order valence-electron chi connectivity index (χ4n) is 1.45. The molecule has 0 saturated carbocycles. The van der Waals surface area contributed by atoms with Crippen LogP contribution in [-0.4, -0.2) is 10.2 Å². The van der Waals surface area contributed by atoms with Crippen molar-refractivity contribution >= 4 is 21.4 Å². The summed E-state index contributed by atoms with van der Waals surface area (Å²) >= 11 is 1.78. The Balaban J connectivity index is 2.64. The lowest BCUT2D eigenvalue weighted by atomic mass is 10.3. The van der Waals surface area contributed by atoms with Crippen molar-refractivity contribution in [1.29, 1.82) is 0 Å². The van der Waals surface area contributed by atoms with Crippen LogP contribution in [0.1, 0.15) is 0 Å². The SMILES string of the molecule is c1cc2c3[nH][nH]cc-3cc2s1. The van der Waals surface area contributed by atoms with Crippen LogP contribution in [0.4, 0.5) is 0 Å². The van der Waals surface area contributed by atoms with Crippen molar-refractivity contribution in [1.82, 2.24) is 10.2 Å². The molecule has 0 atom stereocenters. The molecule has 2 nitrogen and oxygen atoms in total. The molecule has 0 fully saturated rings. The largest absolute Gasteiger partial charge is 0.307 e. The monoisotopic (exact) mass is 162 g/mol. The lowest BCUT2D eigenvalue weighted by molar-refractivity contribution is 1.11. The number of rotatable bonds is 0. The minimum absolute atomic E-state index is 1.22. The van der Waals surface area contributed by atoms with Gasteiger partial charge in [0, 0.05) is 21.8 Å². The van der Waals surface area contributed by atoms with Gasteiger partial charge in [-0.25, -0.2) is 0 Å². The predicted octanol–water partition coefficient (Wildman–Crippen LogP) is 2.66. The van der Waals surface area contributed by atoms with Crippen molar-refractivity contribution in [3.63, 3.8) is 0 Å². The van der Waals surface area contributed by atoms with Crippen LogP contribution in [-0.2, 0) is 0 Å². The summed E-state index contributed by atoms with van der Waals surface area (Å²) in [5.74, 6) is 0. The summed E-state index contributed by atoms with van der Waals surface area (Å²) in [7, 11) is 0. The van der Waals surface area contributed by atoms with Gasteiger partial charge in [-0.1, -0.05) is 0 Å². The molecule has 0 saturated heterocycles. The number of aromatic nitrogens is 2. The molecule has 1 aliphatic heterocycles. The zero-order valence-corrected chi connectivity index (χ0v) is 6.53. The molecule has 1 aliphatic carbocycles. The Hall–Kier alpha value is -1.22. The summed E-state index contributed by atoms with van der Waals surface area (Å²) < 4.78 is 1.36. The minimum atomic E-state index is 1.22. The van der Waals surface area contributed by atoms with Gasteiger partial charge in [-0.05, 0) is 17.5 Å². The summed E-state index contributed by atoms with van der Waals surface area (Å²) in [6, 6.07) is 4.34. The topological polar surface area (TPSA) is 31.6 Å². The van der Waals surface area contributed by atoms with Crippen LogP contribution in [0.5, 0.6) is 0 Å². The van der Waals surface area contributed by atoms with E-state index < -0.39 is 0 Å². The van der Waals surface area contributed by atoms with Crippen LogP contribution < -0.4 is 0 Å². The van der Waals surface area contributed by atoms with E-state index in [0.29, 0.717) is 0 Å². The zero-order chi connectivity index (χ0) is 7.26. The fourth-order valence-corrected chi connectivity index (χ4v) is 2.29. The number of fused-ring (bicyclic) bond motifs is 3. The second-order valence-electron chi connectivity index (χ2n) is 2.59. The van der Waals surface area contributed by atoms with Crippen molar-refractivity contribution in [3.05, 3.63) is 23.7 Å². The molecular weight excluding hydrogens is 156 g/mol. The molecule has 3 heteroatoms. The number of aromatic amines is 2. The van der Waals surface area contributed by atoms with Crippen LogP contribution in [0.3, 0.4) is 0 Å². The molecule has 1 aromatic heterocycles. The highest BCUT2D eigenvalue weighted by molar-refractivity contribution is 7.17. The second-order valence-corrected chi connectivity index (χ2v) is 3.53. The Labute approximate surface area is 67.2 Å². The van der Waals surface area contributed by atoms with E-state index in [1.165, 1.54) is 21.3 Å². The Bertz CT molecular complexity index is 459. The lowest BCUT2D eigenvalue weighted by Gasteiger charge is -1.82. The highest BCUT2D eigenvalue weighted by atomic mass is 32.1. The van der Waals surface area contributed by atoms with E-state index in [1.54, 1.807) is 11.3 Å². The minimum Gasteiger partial charge on any atom is -0.307 e. The first kappa shape index (κ1) is 5.43. The third-order valence-electron chi connectivity index (χ3n) is 1.96. The smallest absolute Gasteiger partial charge is 0.0714 e. The molecule has 0 radical (unpaired) electrons. The predicted molar refractivity (Wildman–Crippen MR) is 47.1 cm³/mol. The molecule has 1 aromatic rings. The molecule has 2 N–H and O–H groups in total. The van der Waals surface area contributed by atoms with E-state index in [0.717, 1.165) is 0 Å². The van der Waals surface area contributed by atoms with Crippen molar-refractivity contribution in [2.75, 3.05) is 0 Å². The second kappa shape index (κ2) is 1.68. The molecule has 54 valence electrons. The Morgan fingerprint density at radius 2 is 2.36 bits per heavy atom. The Morgan fingerprint density at radius 3 is 3.36 bits per heavy atom. The highest BCUT2D eigenvalue weighted by Gasteiger charge is 2.10. The summed E-state index contributed by atoms with van der Waals surface area (Å²) in [6.07, 6.45) is 1.99. The third-order valence-corrected chi connectivity index (χ3v) is 2.83. The molecular formula is C8H6N2S. The average Bonchev–Trinajstić information content (AvgIpc) is 2.52. The van der Waals surface area contributed by atoms with Gasteiger partial charge in [-0.15, -0.1) is 11.3 Å². The first-order valence-electron chi connectivity index (χ1n) is 3.47. The number of nitrogens with one attached hydrogen (secondary N) is 2. The number of thiophene rings is 1. The first-order valence-corrected chi connectivity index (χ1v) is 4.35. The first-order chi connectivity index (χ1) is 5.45. The maximum atomic E-state index is 3.11. The van der Waals surface area contributed by atoms with Crippen molar-refractivity contribution in [3.8, 4) is 11.3 Å².